The van der Waals surface area contributed by atoms with E-state index in [1.54, 1.807) is 31.4 Å². The van der Waals surface area contributed by atoms with E-state index in [9.17, 15) is 13.2 Å². The Hall–Kier alpha value is -2.09. The van der Waals surface area contributed by atoms with Crippen LogP contribution in [0.5, 0.6) is 0 Å². The lowest BCUT2D eigenvalue weighted by molar-refractivity contribution is -0.137. The van der Waals surface area contributed by atoms with Crippen LogP contribution in [0.4, 0.5) is 13.2 Å². The minimum absolute atomic E-state index is 0.309. The maximum Gasteiger partial charge on any atom is 0.416 e. The monoisotopic (exact) mass is 384 g/mol. The smallest absolute Gasteiger partial charge is 0.356 e. The van der Waals surface area contributed by atoms with E-state index in [2.05, 4.69) is 20.6 Å². The van der Waals surface area contributed by atoms with Crippen molar-refractivity contribution < 1.29 is 13.2 Å². The molecule has 26 heavy (non-hydrogen) atoms. The van der Waals surface area contributed by atoms with Gasteiger partial charge in [0.05, 0.1) is 22.3 Å². The normalized spacial score (nSPS) is 13.6. The number of rotatable bonds is 5. The summed E-state index contributed by atoms with van der Waals surface area (Å²) >= 11 is 1.67. The molecular formula is C18H23F3N4S. The fraction of sp³-hybridized carbons (Fsp3) is 0.444. The first kappa shape index (κ1) is 20.2. The van der Waals surface area contributed by atoms with Crippen molar-refractivity contribution in [3.05, 3.63) is 51.0 Å². The highest BCUT2D eigenvalue weighted by molar-refractivity contribution is 7.11. The minimum atomic E-state index is -4.35. The molecule has 1 aromatic heterocycles. The average Bonchev–Trinajstić information content (AvgIpc) is 2.90. The Morgan fingerprint density at radius 1 is 1.31 bits per heavy atom. The van der Waals surface area contributed by atoms with Crippen LogP contribution in [0.1, 0.15) is 39.7 Å². The molecular weight excluding hydrogens is 361 g/mol. The maximum absolute atomic E-state index is 12.9. The second-order valence-corrected chi connectivity index (χ2v) is 7.27. The van der Waals surface area contributed by atoms with Gasteiger partial charge >= 0.3 is 6.18 Å². The van der Waals surface area contributed by atoms with E-state index in [0.717, 1.165) is 29.3 Å². The van der Waals surface area contributed by atoms with Gasteiger partial charge in [-0.25, -0.2) is 4.98 Å². The van der Waals surface area contributed by atoms with E-state index in [-0.39, 0.29) is 6.04 Å². The molecule has 1 aromatic carbocycles. The van der Waals surface area contributed by atoms with Gasteiger partial charge in [-0.05, 0) is 38.5 Å². The van der Waals surface area contributed by atoms with Crippen LogP contribution in [0.15, 0.2) is 29.3 Å². The number of aryl methyl sites for hydroxylation is 2. The number of guanidine groups is 1. The second-order valence-electron chi connectivity index (χ2n) is 5.98. The topological polar surface area (TPSA) is 49.3 Å². The molecule has 2 rings (SSSR count). The van der Waals surface area contributed by atoms with Crippen molar-refractivity contribution in [3.8, 4) is 0 Å². The molecule has 0 bridgehead atoms. The predicted molar refractivity (Wildman–Crippen MR) is 99.6 cm³/mol. The van der Waals surface area contributed by atoms with Crippen LogP contribution in [0.3, 0.4) is 0 Å². The minimum Gasteiger partial charge on any atom is -0.356 e. The molecule has 0 aliphatic rings. The van der Waals surface area contributed by atoms with Crippen LogP contribution in [0.25, 0.3) is 0 Å². The third kappa shape index (κ3) is 5.45. The summed E-state index contributed by atoms with van der Waals surface area (Å²) in [6.45, 7) is 6.43. The molecule has 0 saturated carbocycles. The number of aliphatic imine (C=N–C) groups is 1. The fourth-order valence-electron chi connectivity index (χ4n) is 2.57. The van der Waals surface area contributed by atoms with Crippen molar-refractivity contribution in [2.45, 2.75) is 39.4 Å². The molecule has 2 aromatic rings. The summed E-state index contributed by atoms with van der Waals surface area (Å²) in [5.74, 6) is 0.550. The van der Waals surface area contributed by atoms with Gasteiger partial charge in [-0.2, -0.15) is 13.2 Å². The lowest BCUT2D eigenvalue weighted by atomic mass is 10.1. The Morgan fingerprint density at radius 2 is 2.04 bits per heavy atom. The molecule has 1 atom stereocenters. The van der Waals surface area contributed by atoms with Gasteiger partial charge in [-0.15, -0.1) is 11.3 Å². The van der Waals surface area contributed by atoms with Gasteiger partial charge in [-0.1, -0.05) is 12.1 Å². The highest BCUT2D eigenvalue weighted by atomic mass is 32.1. The zero-order chi connectivity index (χ0) is 19.3. The van der Waals surface area contributed by atoms with Crippen LogP contribution in [0.2, 0.25) is 0 Å². The van der Waals surface area contributed by atoms with Gasteiger partial charge < -0.3 is 10.6 Å². The number of nitrogens with one attached hydrogen (secondary N) is 2. The Bertz CT molecular complexity index is 768. The Morgan fingerprint density at radius 3 is 2.62 bits per heavy atom. The van der Waals surface area contributed by atoms with Crippen LogP contribution in [0, 0.1) is 13.8 Å². The standard InChI is InChI=1S/C18H23F3N4S/c1-11(14-6-5-7-15(10-14)18(19,20)21)25-17(22-4)23-9-8-16-12(2)24-13(3)26-16/h5-7,10-11H,8-9H2,1-4H3,(H2,22,23,25). The summed E-state index contributed by atoms with van der Waals surface area (Å²) in [5.41, 5.74) is 0.939. The van der Waals surface area contributed by atoms with Crippen LogP contribution in [-0.4, -0.2) is 24.5 Å². The lowest BCUT2D eigenvalue weighted by Crippen LogP contribution is -2.39. The molecule has 1 unspecified atom stereocenters. The number of thiazole rings is 1. The Balaban J connectivity index is 1.94. The number of hydrogen-bond donors (Lipinski definition) is 2. The number of nitrogens with zero attached hydrogens (tertiary/aromatic N) is 2. The Kier molecular flexibility index (Phi) is 6.63. The van der Waals surface area contributed by atoms with E-state index in [1.165, 1.54) is 10.9 Å². The van der Waals surface area contributed by atoms with E-state index in [1.807, 2.05) is 13.8 Å². The van der Waals surface area contributed by atoms with Gasteiger partial charge in [0.2, 0.25) is 0 Å². The quantitative estimate of drug-likeness (QED) is 0.599. The summed E-state index contributed by atoms with van der Waals surface area (Å²) in [7, 11) is 1.64. The number of aromatic nitrogens is 1. The zero-order valence-corrected chi connectivity index (χ0v) is 16.1. The number of alkyl halides is 3. The molecule has 0 radical (unpaired) electrons. The summed E-state index contributed by atoms with van der Waals surface area (Å²) in [4.78, 5) is 9.76. The Labute approximate surface area is 155 Å². The van der Waals surface area contributed by atoms with E-state index >= 15 is 0 Å². The molecule has 142 valence electrons. The largest absolute Gasteiger partial charge is 0.416 e. The van der Waals surface area contributed by atoms with Crippen molar-refractivity contribution in [1.29, 1.82) is 0 Å². The third-order valence-electron chi connectivity index (χ3n) is 3.93. The first-order valence-corrected chi connectivity index (χ1v) is 9.09. The van der Waals surface area contributed by atoms with Crippen LogP contribution in [-0.2, 0) is 12.6 Å². The predicted octanol–water partition coefficient (Wildman–Crippen LogP) is 4.25. The molecule has 0 amide bonds. The van der Waals surface area contributed by atoms with Gasteiger partial charge in [0.1, 0.15) is 0 Å². The first-order chi connectivity index (χ1) is 12.2. The van der Waals surface area contributed by atoms with Crippen molar-refractivity contribution in [2.24, 2.45) is 4.99 Å². The zero-order valence-electron chi connectivity index (χ0n) is 15.2. The second kappa shape index (κ2) is 8.53. The highest BCUT2D eigenvalue weighted by Crippen LogP contribution is 2.30. The summed E-state index contributed by atoms with van der Waals surface area (Å²) in [6, 6.07) is 5.01. The number of benzene rings is 1. The summed E-state index contributed by atoms with van der Waals surface area (Å²) in [6.07, 6.45) is -3.53. The van der Waals surface area contributed by atoms with E-state index in [4.69, 9.17) is 0 Å². The summed E-state index contributed by atoms with van der Waals surface area (Å²) in [5, 5.41) is 7.36. The van der Waals surface area contributed by atoms with E-state index < -0.39 is 11.7 Å². The number of hydrogen-bond acceptors (Lipinski definition) is 3. The molecule has 1 heterocycles. The van der Waals surface area contributed by atoms with Crippen molar-refractivity contribution >= 4 is 17.3 Å². The summed E-state index contributed by atoms with van der Waals surface area (Å²) < 4.78 is 38.6. The van der Waals surface area contributed by atoms with Crippen molar-refractivity contribution in [2.75, 3.05) is 13.6 Å². The van der Waals surface area contributed by atoms with Crippen molar-refractivity contribution in [3.63, 3.8) is 0 Å². The van der Waals surface area contributed by atoms with Gasteiger partial charge in [0, 0.05) is 24.9 Å². The van der Waals surface area contributed by atoms with Crippen LogP contribution < -0.4 is 10.6 Å². The highest BCUT2D eigenvalue weighted by Gasteiger charge is 2.30. The van der Waals surface area contributed by atoms with Gasteiger partial charge in [0.15, 0.2) is 5.96 Å². The molecule has 0 spiro atoms. The van der Waals surface area contributed by atoms with Crippen molar-refractivity contribution in [1.82, 2.24) is 15.6 Å². The van der Waals surface area contributed by atoms with Gasteiger partial charge in [0.25, 0.3) is 0 Å². The van der Waals surface area contributed by atoms with Crippen LogP contribution >= 0.6 is 11.3 Å². The molecule has 0 saturated heterocycles. The average molecular weight is 384 g/mol. The van der Waals surface area contributed by atoms with Gasteiger partial charge in [-0.3, -0.25) is 4.99 Å². The molecule has 4 nitrogen and oxygen atoms in total. The SMILES string of the molecule is CN=C(NCCc1sc(C)nc1C)NC(C)c1cccc(C(F)(F)F)c1. The lowest BCUT2D eigenvalue weighted by Gasteiger charge is -2.19. The first-order valence-electron chi connectivity index (χ1n) is 8.28. The molecule has 8 heteroatoms. The maximum atomic E-state index is 12.9. The molecule has 0 aliphatic heterocycles. The molecule has 0 aliphatic carbocycles. The fourth-order valence-corrected chi connectivity index (χ4v) is 3.50. The van der Waals surface area contributed by atoms with E-state index in [0.29, 0.717) is 18.1 Å². The number of halogens is 3. The molecule has 2 N–H and O–H groups in total. The molecule has 0 fully saturated rings. The third-order valence-corrected chi connectivity index (χ3v) is 5.07.